The number of hydrogen-bond donors (Lipinski definition) is 1. The van der Waals surface area contributed by atoms with Crippen molar-refractivity contribution in [1.29, 1.82) is 0 Å². The molecule has 1 rings (SSSR count). The predicted octanol–water partition coefficient (Wildman–Crippen LogP) is 0.0807. The van der Waals surface area contributed by atoms with Crippen molar-refractivity contribution in [3.05, 3.63) is 12.2 Å². The van der Waals surface area contributed by atoms with Gasteiger partial charge in [0.15, 0.2) is 5.82 Å². The molecule has 0 saturated carbocycles. The van der Waals surface area contributed by atoms with Crippen molar-refractivity contribution in [3.8, 4) is 0 Å². The first kappa shape index (κ1) is 8.19. The van der Waals surface area contributed by atoms with Crippen molar-refractivity contribution in [2.24, 2.45) is 0 Å². The summed E-state index contributed by atoms with van der Waals surface area (Å²) >= 11 is 3.00. The fraction of sp³-hybridized carbons (Fsp3) is 0.400. The summed E-state index contributed by atoms with van der Waals surface area (Å²) in [4.78, 5) is 14.4. The van der Waals surface area contributed by atoms with E-state index in [1.807, 2.05) is 0 Å². The van der Waals surface area contributed by atoms with Gasteiger partial charge in [0, 0.05) is 0 Å². The number of aromatic nitrogens is 2. The first-order valence-electron chi connectivity index (χ1n) is 2.91. The maximum Gasteiger partial charge on any atom is 0.231 e. The topological polar surface area (TPSA) is 68.0 Å². The SMILES string of the molecule is O=C(CBr)NCc1ncon1. The van der Waals surface area contributed by atoms with Crippen LogP contribution in [0.2, 0.25) is 0 Å². The second kappa shape index (κ2) is 4.07. The molecule has 1 amide bonds. The molecule has 1 N–H and O–H groups in total. The van der Waals surface area contributed by atoms with Crippen LogP contribution in [0, 0.1) is 0 Å². The smallest absolute Gasteiger partial charge is 0.231 e. The molecular formula is C5H6BrN3O2. The number of halogens is 1. The van der Waals surface area contributed by atoms with Gasteiger partial charge in [0.1, 0.15) is 0 Å². The van der Waals surface area contributed by atoms with Crippen LogP contribution in [0.3, 0.4) is 0 Å². The van der Waals surface area contributed by atoms with Crippen LogP contribution in [-0.4, -0.2) is 21.4 Å². The molecule has 0 fully saturated rings. The van der Waals surface area contributed by atoms with Gasteiger partial charge >= 0.3 is 0 Å². The molecule has 6 heteroatoms. The zero-order valence-electron chi connectivity index (χ0n) is 5.58. The van der Waals surface area contributed by atoms with Crippen molar-refractivity contribution >= 4 is 21.8 Å². The number of rotatable bonds is 3. The molecule has 0 saturated heterocycles. The van der Waals surface area contributed by atoms with E-state index in [1.165, 1.54) is 6.39 Å². The third kappa shape index (κ3) is 2.67. The quantitative estimate of drug-likeness (QED) is 0.732. The van der Waals surface area contributed by atoms with Crippen LogP contribution in [0.1, 0.15) is 5.82 Å². The lowest BCUT2D eigenvalue weighted by Gasteiger charge is -1.95. The van der Waals surface area contributed by atoms with Gasteiger partial charge in [0.2, 0.25) is 12.3 Å². The van der Waals surface area contributed by atoms with Gasteiger partial charge in [0.25, 0.3) is 0 Å². The minimum atomic E-state index is -0.102. The van der Waals surface area contributed by atoms with E-state index < -0.39 is 0 Å². The number of amides is 1. The molecule has 11 heavy (non-hydrogen) atoms. The maximum atomic E-state index is 10.7. The van der Waals surface area contributed by atoms with Gasteiger partial charge in [0.05, 0.1) is 11.9 Å². The van der Waals surface area contributed by atoms with Gasteiger partial charge in [-0.15, -0.1) is 0 Å². The van der Waals surface area contributed by atoms with Crippen molar-refractivity contribution in [2.45, 2.75) is 6.54 Å². The van der Waals surface area contributed by atoms with E-state index in [9.17, 15) is 4.79 Å². The highest BCUT2D eigenvalue weighted by atomic mass is 79.9. The van der Waals surface area contributed by atoms with Crippen molar-refractivity contribution in [2.75, 3.05) is 5.33 Å². The summed E-state index contributed by atoms with van der Waals surface area (Å²) in [5.41, 5.74) is 0. The van der Waals surface area contributed by atoms with Gasteiger partial charge in [-0.25, -0.2) is 0 Å². The minimum absolute atomic E-state index is 0.102. The molecule has 0 aliphatic rings. The minimum Gasteiger partial charge on any atom is -0.348 e. The molecule has 0 aliphatic heterocycles. The summed E-state index contributed by atoms with van der Waals surface area (Å²) in [5, 5.41) is 6.35. The van der Waals surface area contributed by atoms with Crippen LogP contribution in [0.4, 0.5) is 0 Å². The van der Waals surface area contributed by atoms with E-state index >= 15 is 0 Å². The van der Waals surface area contributed by atoms with Crippen LogP contribution in [0.15, 0.2) is 10.9 Å². The molecule has 0 spiro atoms. The first-order valence-corrected chi connectivity index (χ1v) is 4.03. The third-order valence-corrected chi connectivity index (χ3v) is 1.48. The average Bonchev–Trinajstić information content (AvgIpc) is 2.52. The largest absolute Gasteiger partial charge is 0.348 e. The molecular weight excluding hydrogens is 214 g/mol. The van der Waals surface area contributed by atoms with E-state index in [1.54, 1.807) is 0 Å². The molecule has 0 atom stereocenters. The standard InChI is InChI=1S/C5H6BrN3O2/c6-1-5(10)7-2-4-8-3-11-9-4/h3H,1-2H2,(H,7,10). The summed E-state index contributed by atoms with van der Waals surface area (Å²) in [6, 6.07) is 0. The number of nitrogens with one attached hydrogen (secondary N) is 1. The summed E-state index contributed by atoms with van der Waals surface area (Å²) in [6.07, 6.45) is 1.22. The molecule has 1 heterocycles. The molecule has 1 aromatic heterocycles. The lowest BCUT2D eigenvalue weighted by Crippen LogP contribution is -2.23. The van der Waals surface area contributed by atoms with Crippen molar-refractivity contribution < 1.29 is 9.32 Å². The van der Waals surface area contributed by atoms with Crippen LogP contribution in [-0.2, 0) is 11.3 Å². The van der Waals surface area contributed by atoms with Gasteiger partial charge in [-0.2, -0.15) is 4.98 Å². The zero-order chi connectivity index (χ0) is 8.10. The fourth-order valence-electron chi connectivity index (χ4n) is 0.495. The Labute approximate surface area is 71.3 Å². The Hall–Kier alpha value is -0.910. The van der Waals surface area contributed by atoms with Gasteiger partial charge in [-0.05, 0) is 0 Å². The lowest BCUT2D eigenvalue weighted by atomic mass is 10.6. The summed E-state index contributed by atoms with van der Waals surface area (Å²) in [7, 11) is 0. The Morgan fingerprint density at radius 1 is 1.82 bits per heavy atom. The normalized spacial score (nSPS) is 9.55. The summed E-state index contributed by atoms with van der Waals surface area (Å²) < 4.78 is 4.46. The van der Waals surface area contributed by atoms with Crippen LogP contribution >= 0.6 is 15.9 Å². The van der Waals surface area contributed by atoms with E-state index in [0.717, 1.165) is 0 Å². The van der Waals surface area contributed by atoms with Crippen LogP contribution < -0.4 is 5.32 Å². The van der Waals surface area contributed by atoms with Crippen LogP contribution in [0.5, 0.6) is 0 Å². The fourth-order valence-corrected chi connectivity index (χ4v) is 0.693. The number of nitrogens with zero attached hydrogens (tertiary/aromatic N) is 2. The Balaban J connectivity index is 2.29. The third-order valence-electron chi connectivity index (χ3n) is 0.972. The molecule has 60 valence electrons. The highest BCUT2D eigenvalue weighted by Gasteiger charge is 2.00. The maximum absolute atomic E-state index is 10.7. The van der Waals surface area contributed by atoms with E-state index in [2.05, 4.69) is 35.9 Å². The number of carbonyl (C=O) groups is 1. The van der Waals surface area contributed by atoms with Crippen molar-refractivity contribution in [1.82, 2.24) is 15.5 Å². The van der Waals surface area contributed by atoms with Gasteiger partial charge in [-0.1, -0.05) is 21.1 Å². The summed E-state index contributed by atoms with van der Waals surface area (Å²) in [5.74, 6) is 0.370. The zero-order valence-corrected chi connectivity index (χ0v) is 7.17. The van der Waals surface area contributed by atoms with E-state index in [-0.39, 0.29) is 11.2 Å². The molecule has 5 nitrogen and oxygen atoms in total. The molecule has 0 aliphatic carbocycles. The Kier molecular flexibility index (Phi) is 3.03. The first-order chi connectivity index (χ1) is 5.33. The number of carbonyl (C=O) groups excluding carboxylic acids is 1. The Bertz CT molecular complexity index is 224. The number of alkyl halides is 1. The molecule has 0 aromatic carbocycles. The van der Waals surface area contributed by atoms with Crippen molar-refractivity contribution in [3.63, 3.8) is 0 Å². The van der Waals surface area contributed by atoms with Gasteiger partial charge < -0.3 is 9.84 Å². The second-order valence-corrected chi connectivity index (χ2v) is 2.32. The Morgan fingerprint density at radius 3 is 3.18 bits per heavy atom. The van der Waals surface area contributed by atoms with Crippen LogP contribution in [0.25, 0.3) is 0 Å². The van der Waals surface area contributed by atoms with E-state index in [4.69, 9.17) is 0 Å². The van der Waals surface area contributed by atoms with Gasteiger partial charge in [-0.3, -0.25) is 4.79 Å². The average molecular weight is 220 g/mol. The Morgan fingerprint density at radius 2 is 2.64 bits per heavy atom. The lowest BCUT2D eigenvalue weighted by molar-refractivity contribution is -0.118. The number of hydrogen-bond acceptors (Lipinski definition) is 4. The second-order valence-electron chi connectivity index (χ2n) is 1.76. The molecule has 0 bridgehead atoms. The summed E-state index contributed by atoms with van der Waals surface area (Å²) in [6.45, 7) is 0.306. The molecule has 1 aromatic rings. The molecule has 0 unspecified atom stereocenters. The highest BCUT2D eigenvalue weighted by molar-refractivity contribution is 9.09. The highest BCUT2D eigenvalue weighted by Crippen LogP contribution is 1.87. The molecule has 0 radical (unpaired) electrons. The predicted molar refractivity (Wildman–Crippen MR) is 39.9 cm³/mol. The monoisotopic (exact) mass is 219 g/mol. The van der Waals surface area contributed by atoms with E-state index in [0.29, 0.717) is 12.4 Å².